The maximum atomic E-state index is 8.93. The first-order valence-corrected chi connectivity index (χ1v) is 4.44. The minimum absolute atomic E-state index is 0. The van der Waals surface area contributed by atoms with Gasteiger partial charge in [-0.1, -0.05) is 0 Å². The standard InChI is InChI=1S/2C2H7N.2C2H2O4.Cu.2H2O/c2*1-3-2;2*3-1(4)2(5)6;;;/h2*3H,1-2H3;2*(H,3,4)(H,5,6);;2*1H2/q;;;;+2;;/p-2. The molecular weight excluding hydrogens is 348 g/mol. The Bertz CT molecular complexity index is 211. The van der Waals surface area contributed by atoms with Crippen molar-refractivity contribution in [2.45, 2.75) is 0 Å². The molecule has 0 aliphatic carbocycles. The molecule has 1 radical (unpaired) electrons. The molecule has 0 atom stereocenters. The van der Waals surface area contributed by atoms with Gasteiger partial charge in [-0.15, -0.1) is 0 Å². The summed E-state index contributed by atoms with van der Waals surface area (Å²) in [7, 11) is 8.00. The molecule has 12 nitrogen and oxygen atoms in total. The third kappa shape index (κ3) is 124. The number of quaternary nitrogens is 2. The van der Waals surface area contributed by atoms with Crippen LogP contribution in [-0.4, -0.2) is 63.0 Å². The van der Waals surface area contributed by atoms with Crippen LogP contribution < -0.4 is 31.1 Å². The Labute approximate surface area is 131 Å². The number of nitrogens with two attached hydrogens (primary N) is 2. The summed E-state index contributed by atoms with van der Waals surface area (Å²) in [5.74, 6) is -8.74. The minimum Gasteiger partial charge on any atom is -0.543 e. The van der Waals surface area contributed by atoms with Gasteiger partial charge in [0.2, 0.25) is 0 Å². The summed E-state index contributed by atoms with van der Waals surface area (Å²) in [5, 5.41) is 39.7. The molecule has 0 saturated heterocycles. The second-order valence-electron chi connectivity index (χ2n) is 2.30. The molecule has 0 heterocycles. The number of hydrogen-bond donors (Lipinski definition) is 2. The van der Waals surface area contributed by atoms with E-state index in [1.54, 1.807) is 0 Å². The van der Waals surface area contributed by atoms with Crippen LogP contribution in [0.15, 0.2) is 0 Å². The molecule has 8 N–H and O–H groups in total. The summed E-state index contributed by atoms with van der Waals surface area (Å²) >= 11 is 0. The minimum atomic E-state index is -2.19. The zero-order chi connectivity index (χ0) is 15.7. The number of aliphatic carboxylic acids is 4. The normalized spacial score (nSPS) is 5.90. The van der Waals surface area contributed by atoms with E-state index in [4.69, 9.17) is 39.6 Å². The molecular formula is C8H20CuN2O10. The van der Waals surface area contributed by atoms with Gasteiger partial charge in [-0.2, -0.15) is 0 Å². The molecule has 0 spiro atoms. The van der Waals surface area contributed by atoms with E-state index >= 15 is 0 Å². The zero-order valence-electron chi connectivity index (χ0n) is 11.7. The van der Waals surface area contributed by atoms with E-state index in [9.17, 15) is 0 Å². The molecule has 0 rings (SSSR count). The molecule has 133 valence electrons. The number of hydrogen-bond acceptors (Lipinski definition) is 8. The van der Waals surface area contributed by atoms with Gasteiger partial charge >= 0.3 is 17.1 Å². The molecule has 0 fully saturated rings. The summed E-state index contributed by atoms with van der Waals surface area (Å²) in [6, 6.07) is 0. The molecule has 0 amide bonds. The first-order chi connectivity index (χ1) is 8.11. The summed E-state index contributed by atoms with van der Waals surface area (Å²) in [6.45, 7) is 0. The fourth-order valence-corrected chi connectivity index (χ4v) is 0. The molecule has 13 heteroatoms. The van der Waals surface area contributed by atoms with Crippen molar-refractivity contribution in [3.63, 3.8) is 0 Å². The molecule has 0 aromatic rings. The topological polar surface area (TPSA) is 257 Å². The molecule has 0 aromatic carbocycles. The van der Waals surface area contributed by atoms with Crippen LogP contribution in [0.25, 0.3) is 0 Å². The van der Waals surface area contributed by atoms with Crippen molar-refractivity contribution in [3.05, 3.63) is 0 Å². The predicted molar refractivity (Wildman–Crippen MR) is 54.8 cm³/mol. The Kier molecular flexibility index (Phi) is 73.6. The van der Waals surface area contributed by atoms with Crippen LogP contribution in [0, 0.1) is 0 Å². The van der Waals surface area contributed by atoms with E-state index in [1.807, 2.05) is 38.8 Å². The van der Waals surface area contributed by atoms with Gasteiger partial charge < -0.3 is 61.2 Å². The number of carbonyl (C=O) groups excluding carboxylic acids is 4. The van der Waals surface area contributed by atoms with E-state index in [0.29, 0.717) is 0 Å². The van der Waals surface area contributed by atoms with Crippen molar-refractivity contribution >= 4 is 23.9 Å². The molecule has 0 aromatic heterocycles. The Balaban J connectivity index is -0.0000000249. The third-order valence-corrected chi connectivity index (χ3v) is 0.333. The van der Waals surface area contributed by atoms with Gasteiger partial charge in [0.1, 0.15) is 0 Å². The number of carboxylic acid groups (broad SMARTS) is 4. The van der Waals surface area contributed by atoms with Gasteiger partial charge in [-0.05, 0) is 0 Å². The zero-order valence-corrected chi connectivity index (χ0v) is 12.7. The van der Waals surface area contributed by atoms with Gasteiger partial charge in [0.05, 0.1) is 52.1 Å². The van der Waals surface area contributed by atoms with E-state index < -0.39 is 23.9 Å². The second-order valence-corrected chi connectivity index (χ2v) is 2.30. The molecule has 0 unspecified atom stereocenters. The Morgan fingerprint density at radius 1 is 0.571 bits per heavy atom. The summed E-state index contributed by atoms with van der Waals surface area (Å²) in [6.07, 6.45) is 0. The average Bonchev–Trinajstić information content (AvgIpc) is 2.20. The Hall–Kier alpha value is -1.76. The van der Waals surface area contributed by atoms with Crippen LogP contribution in [0.1, 0.15) is 0 Å². The summed E-state index contributed by atoms with van der Waals surface area (Å²) < 4.78 is 0. The van der Waals surface area contributed by atoms with Crippen LogP contribution >= 0.6 is 0 Å². The largest absolute Gasteiger partial charge is 2.00 e. The quantitative estimate of drug-likeness (QED) is 0.305. The first-order valence-electron chi connectivity index (χ1n) is 4.44. The van der Waals surface area contributed by atoms with Crippen molar-refractivity contribution in [1.29, 1.82) is 0 Å². The summed E-state index contributed by atoms with van der Waals surface area (Å²) in [5.41, 5.74) is 0. The molecule has 21 heavy (non-hydrogen) atoms. The maximum absolute atomic E-state index is 8.93. The number of carboxylic acids is 4. The second kappa shape index (κ2) is 36.2. The number of carbonyl (C=O) groups is 4. The fraction of sp³-hybridized carbons (Fsp3) is 0.500. The maximum Gasteiger partial charge on any atom is 2.00 e. The number of rotatable bonds is 0. The molecule has 0 bridgehead atoms. The fourth-order valence-electron chi connectivity index (χ4n) is 0. The van der Waals surface area contributed by atoms with Gasteiger partial charge in [0, 0.05) is 0 Å². The van der Waals surface area contributed by atoms with Crippen molar-refractivity contribution in [3.8, 4) is 0 Å². The van der Waals surface area contributed by atoms with Crippen molar-refractivity contribution in [2.24, 2.45) is 0 Å². The van der Waals surface area contributed by atoms with E-state index in [-0.39, 0.29) is 28.0 Å². The van der Waals surface area contributed by atoms with Crippen molar-refractivity contribution in [2.75, 3.05) is 28.2 Å². The Morgan fingerprint density at radius 3 is 0.619 bits per heavy atom. The van der Waals surface area contributed by atoms with Crippen LogP contribution in [0.3, 0.4) is 0 Å². The van der Waals surface area contributed by atoms with E-state index in [0.717, 1.165) is 0 Å². The molecule has 0 saturated carbocycles. The van der Waals surface area contributed by atoms with Crippen molar-refractivity contribution in [1.82, 2.24) is 0 Å². The van der Waals surface area contributed by atoms with Gasteiger partial charge in [-0.25, -0.2) is 0 Å². The van der Waals surface area contributed by atoms with E-state index in [2.05, 4.69) is 0 Å². The summed E-state index contributed by atoms with van der Waals surface area (Å²) in [4.78, 5) is 35.7. The van der Waals surface area contributed by atoms with Gasteiger partial charge in [0.15, 0.2) is 0 Å². The molecule has 0 aliphatic rings. The van der Waals surface area contributed by atoms with Crippen LogP contribution in [-0.2, 0) is 36.2 Å². The predicted octanol–water partition coefficient (Wildman–Crippen LogP) is -11.1. The van der Waals surface area contributed by atoms with E-state index in [1.165, 1.54) is 0 Å². The van der Waals surface area contributed by atoms with Crippen LogP contribution in [0.2, 0.25) is 0 Å². The van der Waals surface area contributed by atoms with Crippen LogP contribution in [0.4, 0.5) is 0 Å². The van der Waals surface area contributed by atoms with Gasteiger partial charge in [0.25, 0.3) is 0 Å². The monoisotopic (exact) mass is 367 g/mol. The Morgan fingerprint density at radius 2 is 0.619 bits per heavy atom. The SMILES string of the molecule is C[NH2+]C.C[NH2+]C.O.O.O=C([O-])C(=O)[O-].O=C([O-])C(=O)[O-].[Cu+2]. The average molecular weight is 368 g/mol. The first kappa shape index (κ1) is 42.7. The smallest absolute Gasteiger partial charge is 0.543 e. The van der Waals surface area contributed by atoms with Crippen molar-refractivity contribution < 1.29 is 78.3 Å². The van der Waals surface area contributed by atoms with Gasteiger partial charge in [-0.3, -0.25) is 0 Å². The van der Waals surface area contributed by atoms with Crippen LogP contribution in [0.5, 0.6) is 0 Å². The molecule has 0 aliphatic heterocycles. The third-order valence-electron chi connectivity index (χ3n) is 0.333.